The standard InChI is InChI=1S/C12H16N2O3S/c1-18(16,17)7-6-14-9-12(15)11-4-2-10(8-13)3-5-11/h2-5,12,14-15H,6-7,9H2,1H3. The Morgan fingerprint density at radius 1 is 1.39 bits per heavy atom. The van der Waals surface area contributed by atoms with Crippen LogP contribution in [0.5, 0.6) is 0 Å². The van der Waals surface area contributed by atoms with Crippen molar-refractivity contribution in [3.8, 4) is 6.07 Å². The van der Waals surface area contributed by atoms with Crippen LogP contribution in [0, 0.1) is 11.3 Å². The molecule has 98 valence electrons. The van der Waals surface area contributed by atoms with Crippen LogP contribution in [-0.2, 0) is 9.84 Å². The van der Waals surface area contributed by atoms with E-state index in [1.807, 2.05) is 6.07 Å². The molecule has 1 aromatic carbocycles. The third-order valence-electron chi connectivity index (χ3n) is 2.41. The highest BCUT2D eigenvalue weighted by atomic mass is 32.2. The van der Waals surface area contributed by atoms with Gasteiger partial charge in [-0.3, -0.25) is 0 Å². The number of nitriles is 1. The first-order chi connectivity index (χ1) is 8.42. The molecule has 0 fully saturated rings. The first kappa shape index (κ1) is 14.6. The maximum atomic E-state index is 10.9. The van der Waals surface area contributed by atoms with E-state index in [0.717, 1.165) is 0 Å². The normalized spacial score (nSPS) is 12.9. The molecule has 0 saturated heterocycles. The summed E-state index contributed by atoms with van der Waals surface area (Å²) in [7, 11) is -2.98. The molecule has 0 aromatic heterocycles. The Kier molecular flexibility index (Phi) is 5.28. The van der Waals surface area contributed by atoms with Crippen LogP contribution in [0.15, 0.2) is 24.3 Å². The van der Waals surface area contributed by atoms with Gasteiger partial charge in [-0.1, -0.05) is 12.1 Å². The molecule has 1 aromatic rings. The lowest BCUT2D eigenvalue weighted by atomic mass is 10.1. The van der Waals surface area contributed by atoms with Crippen LogP contribution in [-0.4, -0.2) is 38.6 Å². The average molecular weight is 268 g/mol. The second kappa shape index (κ2) is 6.50. The van der Waals surface area contributed by atoms with Gasteiger partial charge in [-0.2, -0.15) is 5.26 Å². The monoisotopic (exact) mass is 268 g/mol. The van der Waals surface area contributed by atoms with E-state index in [1.54, 1.807) is 24.3 Å². The van der Waals surface area contributed by atoms with E-state index in [1.165, 1.54) is 6.26 Å². The molecule has 6 heteroatoms. The summed E-state index contributed by atoms with van der Waals surface area (Å²) in [4.78, 5) is 0. The molecule has 0 radical (unpaired) electrons. The first-order valence-corrected chi connectivity index (χ1v) is 7.55. The van der Waals surface area contributed by atoms with Gasteiger partial charge in [0, 0.05) is 19.3 Å². The number of nitrogens with zero attached hydrogens (tertiary/aromatic N) is 1. The zero-order chi connectivity index (χ0) is 13.6. The molecule has 0 aliphatic carbocycles. The van der Waals surface area contributed by atoms with Gasteiger partial charge in [-0.05, 0) is 17.7 Å². The third kappa shape index (κ3) is 5.27. The summed E-state index contributed by atoms with van der Waals surface area (Å²) in [5.74, 6) is 0.0487. The quantitative estimate of drug-likeness (QED) is 0.721. The third-order valence-corrected chi connectivity index (χ3v) is 3.36. The highest BCUT2D eigenvalue weighted by Gasteiger charge is 2.07. The fourth-order valence-electron chi connectivity index (χ4n) is 1.39. The summed E-state index contributed by atoms with van der Waals surface area (Å²) >= 11 is 0. The summed E-state index contributed by atoms with van der Waals surface area (Å²) in [5, 5.41) is 21.3. The Morgan fingerprint density at radius 3 is 2.50 bits per heavy atom. The van der Waals surface area contributed by atoms with E-state index in [4.69, 9.17) is 5.26 Å². The lowest BCUT2D eigenvalue weighted by Gasteiger charge is -2.11. The smallest absolute Gasteiger partial charge is 0.148 e. The maximum Gasteiger partial charge on any atom is 0.148 e. The predicted molar refractivity (Wildman–Crippen MR) is 68.7 cm³/mol. The van der Waals surface area contributed by atoms with E-state index in [0.29, 0.717) is 17.7 Å². The maximum absolute atomic E-state index is 10.9. The largest absolute Gasteiger partial charge is 0.387 e. The Morgan fingerprint density at radius 2 is 2.00 bits per heavy atom. The number of nitrogens with one attached hydrogen (secondary N) is 1. The fraction of sp³-hybridized carbons (Fsp3) is 0.417. The lowest BCUT2D eigenvalue weighted by molar-refractivity contribution is 0.175. The highest BCUT2D eigenvalue weighted by molar-refractivity contribution is 7.90. The van der Waals surface area contributed by atoms with Gasteiger partial charge in [0.05, 0.1) is 23.5 Å². The molecule has 0 amide bonds. The molecule has 0 aliphatic heterocycles. The van der Waals surface area contributed by atoms with Crippen LogP contribution < -0.4 is 5.32 Å². The second-order valence-corrected chi connectivity index (χ2v) is 6.34. The summed E-state index contributed by atoms with van der Waals surface area (Å²) in [6.45, 7) is 0.591. The molecule has 0 aliphatic rings. The number of hydrogen-bond donors (Lipinski definition) is 2. The van der Waals surface area contributed by atoms with Crippen molar-refractivity contribution >= 4 is 9.84 Å². The Hall–Kier alpha value is -1.42. The predicted octanol–water partition coefficient (Wildman–Crippen LogP) is 0.226. The van der Waals surface area contributed by atoms with Crippen LogP contribution >= 0.6 is 0 Å². The van der Waals surface area contributed by atoms with Crippen LogP contribution in [0.1, 0.15) is 17.2 Å². The van der Waals surface area contributed by atoms with Gasteiger partial charge in [-0.25, -0.2) is 8.42 Å². The zero-order valence-electron chi connectivity index (χ0n) is 10.1. The van der Waals surface area contributed by atoms with Crippen molar-refractivity contribution in [2.24, 2.45) is 0 Å². The molecule has 5 nitrogen and oxygen atoms in total. The van der Waals surface area contributed by atoms with Gasteiger partial charge in [0.1, 0.15) is 9.84 Å². The van der Waals surface area contributed by atoms with Crippen molar-refractivity contribution in [2.45, 2.75) is 6.10 Å². The lowest BCUT2D eigenvalue weighted by Crippen LogP contribution is -2.26. The minimum Gasteiger partial charge on any atom is -0.387 e. The van der Waals surface area contributed by atoms with Gasteiger partial charge >= 0.3 is 0 Å². The van der Waals surface area contributed by atoms with E-state index < -0.39 is 15.9 Å². The summed E-state index contributed by atoms with van der Waals surface area (Å²) in [6.07, 6.45) is 0.462. The molecular formula is C12H16N2O3S. The number of sulfone groups is 1. The van der Waals surface area contributed by atoms with Gasteiger partial charge in [0.2, 0.25) is 0 Å². The van der Waals surface area contributed by atoms with E-state index in [-0.39, 0.29) is 12.3 Å². The number of aliphatic hydroxyl groups is 1. The molecule has 2 N–H and O–H groups in total. The minimum atomic E-state index is -2.98. The van der Waals surface area contributed by atoms with Crippen LogP contribution in [0.25, 0.3) is 0 Å². The molecule has 0 spiro atoms. The SMILES string of the molecule is CS(=O)(=O)CCNCC(O)c1ccc(C#N)cc1. The minimum absolute atomic E-state index is 0.0487. The summed E-state index contributed by atoms with van der Waals surface area (Å²) in [6, 6.07) is 8.63. The number of rotatable bonds is 6. The van der Waals surface area contributed by atoms with Gasteiger partial charge < -0.3 is 10.4 Å². The van der Waals surface area contributed by atoms with Crippen LogP contribution in [0.3, 0.4) is 0 Å². The van der Waals surface area contributed by atoms with Gasteiger partial charge in [-0.15, -0.1) is 0 Å². The van der Waals surface area contributed by atoms with Crippen molar-refractivity contribution in [3.63, 3.8) is 0 Å². The second-order valence-electron chi connectivity index (χ2n) is 4.08. The molecule has 1 unspecified atom stereocenters. The van der Waals surface area contributed by atoms with E-state index in [2.05, 4.69) is 5.32 Å². The number of hydrogen-bond acceptors (Lipinski definition) is 5. The first-order valence-electron chi connectivity index (χ1n) is 5.49. The molecule has 0 saturated carbocycles. The van der Waals surface area contributed by atoms with Crippen LogP contribution in [0.2, 0.25) is 0 Å². The Balaban J connectivity index is 2.41. The van der Waals surface area contributed by atoms with E-state index >= 15 is 0 Å². The molecule has 1 atom stereocenters. The Bertz CT molecular complexity index is 517. The van der Waals surface area contributed by atoms with Gasteiger partial charge in [0.25, 0.3) is 0 Å². The van der Waals surface area contributed by atoms with Gasteiger partial charge in [0.15, 0.2) is 0 Å². The molecule has 18 heavy (non-hydrogen) atoms. The van der Waals surface area contributed by atoms with Crippen molar-refractivity contribution in [1.82, 2.24) is 5.32 Å². The van der Waals surface area contributed by atoms with Crippen molar-refractivity contribution in [2.75, 3.05) is 25.1 Å². The topological polar surface area (TPSA) is 90.2 Å². The van der Waals surface area contributed by atoms with Crippen LogP contribution in [0.4, 0.5) is 0 Å². The van der Waals surface area contributed by atoms with Crippen molar-refractivity contribution in [1.29, 1.82) is 5.26 Å². The van der Waals surface area contributed by atoms with E-state index in [9.17, 15) is 13.5 Å². The highest BCUT2D eigenvalue weighted by Crippen LogP contribution is 2.12. The summed E-state index contributed by atoms with van der Waals surface area (Å²) < 4.78 is 21.8. The zero-order valence-corrected chi connectivity index (χ0v) is 10.9. The molecule has 1 rings (SSSR count). The molecular weight excluding hydrogens is 252 g/mol. The summed E-state index contributed by atoms with van der Waals surface area (Å²) in [5.41, 5.74) is 1.23. The number of aliphatic hydroxyl groups excluding tert-OH is 1. The fourth-order valence-corrected chi connectivity index (χ4v) is 1.91. The average Bonchev–Trinajstić information content (AvgIpc) is 2.33. The Labute approximate surface area is 107 Å². The van der Waals surface area contributed by atoms with Crippen molar-refractivity contribution in [3.05, 3.63) is 35.4 Å². The molecule has 0 bridgehead atoms. The molecule has 0 heterocycles. The van der Waals surface area contributed by atoms with Crippen molar-refractivity contribution < 1.29 is 13.5 Å². The number of benzene rings is 1.